The van der Waals surface area contributed by atoms with Gasteiger partial charge < -0.3 is 15.4 Å². The number of nitrogens with two attached hydrogens (primary N) is 1. The minimum absolute atomic E-state index is 0.0928. The van der Waals surface area contributed by atoms with Crippen molar-refractivity contribution in [2.75, 3.05) is 13.1 Å². The van der Waals surface area contributed by atoms with Crippen molar-refractivity contribution in [1.82, 2.24) is 19.7 Å². The number of halogens is 2. The second kappa shape index (κ2) is 6.40. The average Bonchev–Trinajstić information content (AvgIpc) is 3.38. The molecule has 2 amide bonds. The first kappa shape index (κ1) is 17.8. The Morgan fingerprint density at radius 2 is 2.03 bits per heavy atom. The summed E-state index contributed by atoms with van der Waals surface area (Å²) in [6, 6.07) is 8.19. The summed E-state index contributed by atoms with van der Waals surface area (Å²) in [7, 11) is 0. The molecule has 3 aromatic rings. The molecular weight excluding hydrogens is 380 g/mol. The van der Waals surface area contributed by atoms with Gasteiger partial charge >= 0.3 is 12.6 Å². The van der Waals surface area contributed by atoms with Crippen LogP contribution in [0.5, 0.6) is 5.75 Å². The van der Waals surface area contributed by atoms with Crippen molar-refractivity contribution in [3.8, 4) is 17.0 Å². The van der Waals surface area contributed by atoms with E-state index in [2.05, 4.69) is 9.72 Å². The van der Waals surface area contributed by atoms with Crippen LogP contribution in [-0.4, -0.2) is 45.4 Å². The maximum atomic E-state index is 12.5. The number of benzene rings is 1. The fourth-order valence-corrected chi connectivity index (χ4v) is 4.50. The number of amides is 2. The number of aryl methyl sites for hydroxylation is 1. The van der Waals surface area contributed by atoms with E-state index < -0.39 is 6.61 Å². The molecule has 1 atom stereocenters. The Morgan fingerprint density at radius 1 is 1.21 bits per heavy atom. The van der Waals surface area contributed by atoms with Gasteiger partial charge in [0.25, 0.3) is 0 Å². The number of hydrogen-bond donors (Lipinski definition) is 1. The van der Waals surface area contributed by atoms with E-state index in [0.717, 1.165) is 36.3 Å². The number of aromatic nitrogens is 3. The van der Waals surface area contributed by atoms with Crippen LogP contribution in [0.2, 0.25) is 0 Å². The van der Waals surface area contributed by atoms with Crippen molar-refractivity contribution < 1.29 is 18.3 Å². The van der Waals surface area contributed by atoms with Crippen LogP contribution in [-0.2, 0) is 12.0 Å². The summed E-state index contributed by atoms with van der Waals surface area (Å²) in [6.45, 7) is -0.824. The fourth-order valence-electron chi connectivity index (χ4n) is 4.50. The number of carbonyl (C=O) groups is 1. The van der Waals surface area contributed by atoms with Crippen LogP contribution in [0.15, 0.2) is 36.5 Å². The van der Waals surface area contributed by atoms with Crippen molar-refractivity contribution in [3.63, 3.8) is 0 Å². The number of primary amides is 1. The summed E-state index contributed by atoms with van der Waals surface area (Å²) in [6.07, 6.45) is 3.53. The molecule has 29 heavy (non-hydrogen) atoms. The first-order chi connectivity index (χ1) is 13.9. The summed E-state index contributed by atoms with van der Waals surface area (Å²) >= 11 is 0. The molecule has 0 radical (unpaired) electrons. The molecule has 5 rings (SSSR count). The van der Waals surface area contributed by atoms with E-state index in [1.807, 2.05) is 16.8 Å². The molecule has 1 unspecified atom stereocenters. The Kier molecular flexibility index (Phi) is 3.94. The Labute approximate surface area is 165 Å². The number of alkyl halides is 2. The van der Waals surface area contributed by atoms with Gasteiger partial charge in [0.2, 0.25) is 0 Å². The summed E-state index contributed by atoms with van der Waals surface area (Å²) in [5.41, 5.74) is 8.71. The van der Waals surface area contributed by atoms with Crippen LogP contribution in [0.4, 0.5) is 13.6 Å². The molecule has 0 aliphatic carbocycles. The third-order valence-corrected chi connectivity index (χ3v) is 5.96. The lowest BCUT2D eigenvalue weighted by Crippen LogP contribution is -2.36. The lowest BCUT2D eigenvalue weighted by Gasteiger charge is -2.22. The van der Waals surface area contributed by atoms with E-state index >= 15 is 0 Å². The van der Waals surface area contributed by atoms with Gasteiger partial charge in [-0.25, -0.2) is 4.79 Å². The molecular formula is C20H19F2N5O2. The number of ether oxygens (including phenoxy) is 1. The van der Waals surface area contributed by atoms with Crippen LogP contribution in [0.1, 0.15) is 18.5 Å². The monoisotopic (exact) mass is 399 g/mol. The average molecular weight is 399 g/mol. The Balaban J connectivity index is 1.49. The number of hydrogen-bond acceptors (Lipinski definition) is 4. The number of carbonyl (C=O) groups excluding carboxylic acids is 1. The van der Waals surface area contributed by atoms with E-state index in [0.29, 0.717) is 24.0 Å². The van der Waals surface area contributed by atoms with E-state index in [1.165, 1.54) is 6.07 Å². The summed E-state index contributed by atoms with van der Waals surface area (Å²) in [4.78, 5) is 17.7. The van der Waals surface area contributed by atoms with E-state index in [9.17, 15) is 13.6 Å². The molecule has 1 saturated heterocycles. The molecule has 150 valence electrons. The van der Waals surface area contributed by atoms with Gasteiger partial charge in [-0.1, -0.05) is 0 Å². The van der Waals surface area contributed by atoms with Gasteiger partial charge in [-0.15, -0.1) is 0 Å². The Bertz CT molecular complexity index is 1120. The predicted octanol–water partition coefficient (Wildman–Crippen LogP) is 3.13. The largest absolute Gasteiger partial charge is 0.435 e. The molecule has 2 N–H and O–H groups in total. The molecule has 1 fully saturated rings. The molecule has 1 spiro atoms. The zero-order valence-corrected chi connectivity index (χ0v) is 15.5. The molecule has 2 aromatic heterocycles. The number of nitrogens with zero attached hydrogens (tertiary/aromatic N) is 4. The van der Waals surface area contributed by atoms with Gasteiger partial charge in [-0.3, -0.25) is 9.67 Å². The van der Waals surface area contributed by atoms with Crippen LogP contribution >= 0.6 is 0 Å². The zero-order chi connectivity index (χ0) is 20.2. The second-order valence-electron chi connectivity index (χ2n) is 7.64. The highest BCUT2D eigenvalue weighted by Crippen LogP contribution is 2.43. The topological polar surface area (TPSA) is 86.3 Å². The second-order valence-corrected chi connectivity index (χ2v) is 7.64. The maximum Gasteiger partial charge on any atom is 0.387 e. The quantitative estimate of drug-likeness (QED) is 0.733. The van der Waals surface area contributed by atoms with Gasteiger partial charge in [0, 0.05) is 47.9 Å². The van der Waals surface area contributed by atoms with Crippen molar-refractivity contribution >= 4 is 16.9 Å². The van der Waals surface area contributed by atoms with Gasteiger partial charge in [0.05, 0.1) is 11.2 Å². The minimum Gasteiger partial charge on any atom is -0.435 e. The third-order valence-electron chi connectivity index (χ3n) is 5.96. The van der Waals surface area contributed by atoms with E-state index in [-0.39, 0.29) is 17.2 Å². The van der Waals surface area contributed by atoms with E-state index in [1.54, 1.807) is 23.2 Å². The van der Waals surface area contributed by atoms with Gasteiger partial charge in [-0.05, 0) is 43.2 Å². The third kappa shape index (κ3) is 2.97. The predicted molar refractivity (Wildman–Crippen MR) is 102 cm³/mol. The van der Waals surface area contributed by atoms with Gasteiger partial charge in [0.15, 0.2) is 0 Å². The molecule has 0 saturated carbocycles. The summed E-state index contributed by atoms with van der Waals surface area (Å²) < 4.78 is 31.5. The van der Waals surface area contributed by atoms with Crippen molar-refractivity contribution in [2.45, 2.75) is 31.4 Å². The molecule has 4 heterocycles. The molecule has 1 aromatic carbocycles. The standard InChI is InChI=1S/C20H19F2N5O2/c21-18(22)29-14-1-2-15-12(8-14)7-13(10-24-15)16-9-17-20(4-6-27(17)25-16)3-5-26(11-20)19(23)28/h1-2,7-10,18H,3-6,11H2,(H2,23,28). The normalized spacial score (nSPS) is 20.7. The maximum absolute atomic E-state index is 12.5. The highest BCUT2D eigenvalue weighted by atomic mass is 19.3. The first-order valence-electron chi connectivity index (χ1n) is 9.41. The minimum atomic E-state index is -2.87. The highest BCUT2D eigenvalue weighted by Gasteiger charge is 2.46. The van der Waals surface area contributed by atoms with Crippen LogP contribution in [0, 0.1) is 0 Å². The summed E-state index contributed by atoms with van der Waals surface area (Å²) in [5, 5.41) is 5.42. The molecule has 2 aliphatic heterocycles. The van der Waals surface area contributed by atoms with Gasteiger partial charge in [-0.2, -0.15) is 13.9 Å². The van der Waals surface area contributed by atoms with E-state index in [4.69, 9.17) is 10.8 Å². The number of likely N-dealkylation sites (tertiary alicyclic amines) is 1. The first-order valence-corrected chi connectivity index (χ1v) is 9.41. The lowest BCUT2D eigenvalue weighted by molar-refractivity contribution is -0.0497. The number of urea groups is 1. The van der Waals surface area contributed by atoms with Crippen LogP contribution < -0.4 is 10.5 Å². The molecule has 0 bridgehead atoms. The SMILES string of the molecule is NC(=O)N1CCC2(CCn3nc(-c4cnc5ccc(OC(F)F)cc5c4)cc32)C1. The van der Waals surface area contributed by atoms with Crippen molar-refractivity contribution in [3.05, 3.63) is 42.2 Å². The number of rotatable bonds is 3. The molecule has 7 nitrogen and oxygen atoms in total. The Hall–Kier alpha value is -3.23. The van der Waals surface area contributed by atoms with Crippen LogP contribution in [0.3, 0.4) is 0 Å². The molecule has 9 heteroatoms. The smallest absolute Gasteiger partial charge is 0.387 e. The lowest BCUT2D eigenvalue weighted by atomic mass is 9.82. The van der Waals surface area contributed by atoms with Crippen molar-refractivity contribution in [2.24, 2.45) is 5.73 Å². The number of pyridine rings is 1. The summed E-state index contributed by atoms with van der Waals surface area (Å²) in [5.74, 6) is 0.0928. The molecule has 2 aliphatic rings. The van der Waals surface area contributed by atoms with Crippen molar-refractivity contribution in [1.29, 1.82) is 0 Å². The van der Waals surface area contributed by atoms with Gasteiger partial charge in [0.1, 0.15) is 5.75 Å². The fraction of sp³-hybridized carbons (Fsp3) is 0.350. The zero-order valence-electron chi connectivity index (χ0n) is 15.5. The number of fused-ring (bicyclic) bond motifs is 3. The van der Waals surface area contributed by atoms with Crippen LogP contribution in [0.25, 0.3) is 22.2 Å². The highest BCUT2D eigenvalue weighted by molar-refractivity contribution is 5.84. The Morgan fingerprint density at radius 3 is 2.79 bits per heavy atom.